The van der Waals surface area contributed by atoms with Crippen LogP contribution in [0.1, 0.15) is 17.5 Å². The third-order valence-electron chi connectivity index (χ3n) is 3.54. The molecule has 3 nitrogen and oxygen atoms in total. The van der Waals surface area contributed by atoms with E-state index in [1.165, 1.54) is 29.8 Å². The number of hydrogen-bond donors (Lipinski definition) is 1. The molecule has 0 saturated carbocycles. The molecule has 0 atom stereocenters. The molecule has 3 heteroatoms. The zero-order valence-corrected chi connectivity index (χ0v) is 11.5. The van der Waals surface area contributed by atoms with Gasteiger partial charge in [-0.1, -0.05) is 18.2 Å². The molecular formula is C15H24N2O. The van der Waals surface area contributed by atoms with Crippen LogP contribution in [0, 0.1) is 13.8 Å². The van der Waals surface area contributed by atoms with Crippen molar-refractivity contribution < 1.29 is 4.74 Å². The van der Waals surface area contributed by atoms with Gasteiger partial charge in [0.1, 0.15) is 0 Å². The molecule has 1 aliphatic rings. The summed E-state index contributed by atoms with van der Waals surface area (Å²) >= 11 is 0. The van der Waals surface area contributed by atoms with Gasteiger partial charge in [-0.15, -0.1) is 0 Å². The van der Waals surface area contributed by atoms with Gasteiger partial charge >= 0.3 is 0 Å². The Hall–Kier alpha value is -1.06. The summed E-state index contributed by atoms with van der Waals surface area (Å²) in [6.07, 6.45) is 1.19. The second-order valence-electron chi connectivity index (χ2n) is 5.00. The molecule has 0 radical (unpaired) electrons. The third-order valence-corrected chi connectivity index (χ3v) is 3.54. The molecule has 1 heterocycles. The zero-order valence-electron chi connectivity index (χ0n) is 11.5. The van der Waals surface area contributed by atoms with E-state index in [0.29, 0.717) is 0 Å². The maximum Gasteiger partial charge on any atom is 0.0594 e. The lowest BCUT2D eigenvalue weighted by molar-refractivity contribution is 0.0378. The van der Waals surface area contributed by atoms with Crippen molar-refractivity contribution in [1.29, 1.82) is 0 Å². The number of hydrogen-bond acceptors (Lipinski definition) is 3. The Bertz CT molecular complexity index is 353. The predicted octanol–water partition coefficient (Wildman–Crippen LogP) is 2.44. The van der Waals surface area contributed by atoms with E-state index in [9.17, 15) is 0 Å². The largest absolute Gasteiger partial charge is 0.385 e. The summed E-state index contributed by atoms with van der Waals surface area (Å²) in [5.41, 5.74) is 3.97. The summed E-state index contributed by atoms with van der Waals surface area (Å²) < 4.78 is 5.35. The summed E-state index contributed by atoms with van der Waals surface area (Å²) in [6, 6.07) is 6.44. The van der Waals surface area contributed by atoms with Crippen LogP contribution in [-0.4, -0.2) is 44.3 Å². The summed E-state index contributed by atoms with van der Waals surface area (Å²) in [5.74, 6) is 0. The van der Waals surface area contributed by atoms with Crippen LogP contribution < -0.4 is 5.32 Å². The van der Waals surface area contributed by atoms with Crippen LogP contribution in [-0.2, 0) is 4.74 Å². The molecule has 0 aromatic heterocycles. The second-order valence-corrected chi connectivity index (χ2v) is 5.00. The smallest absolute Gasteiger partial charge is 0.0594 e. The van der Waals surface area contributed by atoms with Gasteiger partial charge < -0.3 is 10.1 Å². The van der Waals surface area contributed by atoms with Crippen LogP contribution in [0.5, 0.6) is 0 Å². The fourth-order valence-electron chi connectivity index (χ4n) is 2.43. The Morgan fingerprint density at radius 2 is 1.83 bits per heavy atom. The van der Waals surface area contributed by atoms with E-state index in [2.05, 4.69) is 42.3 Å². The highest BCUT2D eigenvalue weighted by atomic mass is 16.5. The van der Waals surface area contributed by atoms with E-state index in [4.69, 9.17) is 4.74 Å². The number of rotatable bonds is 5. The normalized spacial score (nSPS) is 16.8. The second kappa shape index (κ2) is 6.76. The molecule has 1 fully saturated rings. The van der Waals surface area contributed by atoms with Crippen LogP contribution in [0.25, 0.3) is 0 Å². The third kappa shape index (κ3) is 3.72. The summed E-state index contributed by atoms with van der Waals surface area (Å²) in [6.45, 7) is 10.5. The number of nitrogens with zero attached hydrogens (tertiary/aromatic N) is 1. The molecule has 1 N–H and O–H groups in total. The SMILES string of the molecule is Cc1cccc(C)c1NCCCN1CCOCC1. The summed E-state index contributed by atoms with van der Waals surface area (Å²) in [7, 11) is 0. The van der Waals surface area contributed by atoms with Crippen LogP contribution in [0.15, 0.2) is 18.2 Å². The molecule has 1 aromatic rings. The molecule has 0 aliphatic carbocycles. The minimum absolute atomic E-state index is 0.893. The molecule has 0 bridgehead atoms. The highest BCUT2D eigenvalue weighted by Crippen LogP contribution is 2.19. The molecule has 18 heavy (non-hydrogen) atoms. The quantitative estimate of drug-likeness (QED) is 0.810. The van der Waals surface area contributed by atoms with Crippen molar-refractivity contribution in [2.24, 2.45) is 0 Å². The van der Waals surface area contributed by atoms with Crippen LogP contribution in [0.4, 0.5) is 5.69 Å². The van der Waals surface area contributed by atoms with Gasteiger partial charge in [0.25, 0.3) is 0 Å². The van der Waals surface area contributed by atoms with Gasteiger partial charge in [0.05, 0.1) is 13.2 Å². The van der Waals surface area contributed by atoms with Crippen molar-refractivity contribution in [3.8, 4) is 0 Å². The highest BCUT2D eigenvalue weighted by molar-refractivity contribution is 5.56. The van der Waals surface area contributed by atoms with E-state index in [1.54, 1.807) is 0 Å². The first-order chi connectivity index (χ1) is 8.77. The molecular weight excluding hydrogens is 224 g/mol. The lowest BCUT2D eigenvalue weighted by Gasteiger charge is -2.26. The van der Waals surface area contributed by atoms with Gasteiger partial charge in [-0.05, 0) is 37.9 Å². The van der Waals surface area contributed by atoms with E-state index in [-0.39, 0.29) is 0 Å². The van der Waals surface area contributed by atoms with Crippen molar-refractivity contribution in [3.63, 3.8) is 0 Å². The van der Waals surface area contributed by atoms with Crippen molar-refractivity contribution in [2.45, 2.75) is 20.3 Å². The van der Waals surface area contributed by atoms with E-state index in [0.717, 1.165) is 32.8 Å². The molecule has 1 saturated heterocycles. The van der Waals surface area contributed by atoms with Gasteiger partial charge in [0.15, 0.2) is 0 Å². The van der Waals surface area contributed by atoms with Crippen molar-refractivity contribution in [1.82, 2.24) is 4.90 Å². The van der Waals surface area contributed by atoms with E-state index >= 15 is 0 Å². The van der Waals surface area contributed by atoms with Crippen LogP contribution in [0.3, 0.4) is 0 Å². The van der Waals surface area contributed by atoms with Crippen molar-refractivity contribution >= 4 is 5.69 Å². The van der Waals surface area contributed by atoms with Gasteiger partial charge in [-0.3, -0.25) is 4.90 Å². The number of nitrogens with one attached hydrogen (secondary N) is 1. The molecule has 2 rings (SSSR count). The Morgan fingerprint density at radius 3 is 2.50 bits per heavy atom. The number of ether oxygens (including phenoxy) is 1. The average molecular weight is 248 g/mol. The van der Waals surface area contributed by atoms with Crippen molar-refractivity contribution in [3.05, 3.63) is 29.3 Å². The average Bonchev–Trinajstić information content (AvgIpc) is 2.38. The Labute approximate surface area is 110 Å². The number of aryl methyl sites for hydroxylation is 2. The minimum Gasteiger partial charge on any atom is -0.385 e. The number of anilines is 1. The Balaban J connectivity index is 1.71. The predicted molar refractivity (Wildman–Crippen MR) is 76.3 cm³/mol. The first kappa shape index (κ1) is 13.4. The monoisotopic (exact) mass is 248 g/mol. The standard InChI is InChI=1S/C15H24N2O/c1-13-5-3-6-14(2)15(13)16-7-4-8-17-9-11-18-12-10-17/h3,5-6,16H,4,7-12H2,1-2H3. The lowest BCUT2D eigenvalue weighted by atomic mass is 10.1. The summed E-state index contributed by atoms with van der Waals surface area (Å²) in [5, 5.41) is 3.56. The van der Waals surface area contributed by atoms with Gasteiger partial charge in [0.2, 0.25) is 0 Å². The molecule has 0 unspecified atom stereocenters. The number of morpholine rings is 1. The fraction of sp³-hybridized carbons (Fsp3) is 0.600. The Kier molecular flexibility index (Phi) is 5.02. The fourth-order valence-corrected chi connectivity index (χ4v) is 2.43. The molecule has 1 aromatic carbocycles. The topological polar surface area (TPSA) is 24.5 Å². The summed E-state index contributed by atoms with van der Waals surface area (Å²) in [4.78, 5) is 2.48. The van der Waals surface area contributed by atoms with Gasteiger partial charge in [0, 0.05) is 25.3 Å². The van der Waals surface area contributed by atoms with Crippen LogP contribution >= 0.6 is 0 Å². The Morgan fingerprint density at radius 1 is 1.17 bits per heavy atom. The first-order valence-electron chi connectivity index (χ1n) is 6.87. The number of para-hydroxylation sites is 1. The maximum absolute atomic E-state index is 5.35. The molecule has 1 aliphatic heterocycles. The minimum atomic E-state index is 0.893. The molecule has 0 spiro atoms. The number of benzene rings is 1. The van der Waals surface area contributed by atoms with Crippen molar-refractivity contribution in [2.75, 3.05) is 44.7 Å². The van der Waals surface area contributed by atoms with Gasteiger partial charge in [-0.25, -0.2) is 0 Å². The van der Waals surface area contributed by atoms with Gasteiger partial charge in [-0.2, -0.15) is 0 Å². The van der Waals surface area contributed by atoms with E-state index in [1.807, 2.05) is 0 Å². The van der Waals surface area contributed by atoms with E-state index < -0.39 is 0 Å². The first-order valence-corrected chi connectivity index (χ1v) is 6.87. The molecule has 100 valence electrons. The lowest BCUT2D eigenvalue weighted by Crippen LogP contribution is -2.37. The highest BCUT2D eigenvalue weighted by Gasteiger charge is 2.09. The maximum atomic E-state index is 5.35. The van der Waals surface area contributed by atoms with Crippen LogP contribution in [0.2, 0.25) is 0 Å². The zero-order chi connectivity index (χ0) is 12.8. The molecule has 0 amide bonds.